The van der Waals surface area contributed by atoms with Gasteiger partial charge >= 0.3 is 6.18 Å². The minimum atomic E-state index is -4.21. The number of rotatable bonds is 1. The number of benzene rings is 1. The van der Waals surface area contributed by atoms with Crippen molar-refractivity contribution in [3.05, 3.63) is 23.2 Å². The number of alkyl halides is 3. The van der Waals surface area contributed by atoms with Gasteiger partial charge in [0.25, 0.3) is 0 Å². The lowest BCUT2D eigenvalue weighted by Crippen LogP contribution is -2.41. The molecule has 1 heterocycles. The Morgan fingerprint density at radius 2 is 2.19 bits per heavy atom. The van der Waals surface area contributed by atoms with Crippen LogP contribution in [-0.4, -0.2) is 19.4 Å². The number of halogens is 4. The molecule has 88 valence electrons. The highest BCUT2D eigenvalue weighted by Gasteiger charge is 2.32. The highest BCUT2D eigenvalue weighted by molar-refractivity contribution is 7.97. The SMILES string of the molecule is FC(F)(F)CN1CNSc2cc(Cl)ccc21. The third-order valence-corrected chi connectivity index (χ3v) is 3.13. The lowest BCUT2D eigenvalue weighted by molar-refractivity contribution is -0.119. The van der Waals surface area contributed by atoms with Gasteiger partial charge in [-0.05, 0) is 30.1 Å². The van der Waals surface area contributed by atoms with E-state index >= 15 is 0 Å². The molecular formula is C9H8ClF3N2S. The van der Waals surface area contributed by atoms with Crippen LogP contribution in [0.2, 0.25) is 5.02 Å². The van der Waals surface area contributed by atoms with Gasteiger partial charge in [0.15, 0.2) is 0 Å². The van der Waals surface area contributed by atoms with Gasteiger partial charge in [0.2, 0.25) is 0 Å². The molecule has 0 amide bonds. The van der Waals surface area contributed by atoms with Crippen LogP contribution in [0, 0.1) is 0 Å². The molecule has 7 heteroatoms. The second-order valence-corrected chi connectivity index (χ2v) is 4.70. The second kappa shape index (κ2) is 4.35. The molecule has 1 aliphatic heterocycles. The Bertz CT molecular complexity index is 397. The Hall–Kier alpha value is -0.590. The average molecular weight is 269 g/mol. The summed E-state index contributed by atoms with van der Waals surface area (Å²) in [6, 6.07) is 4.85. The van der Waals surface area contributed by atoms with Crippen molar-refractivity contribution in [2.45, 2.75) is 11.1 Å². The van der Waals surface area contributed by atoms with Gasteiger partial charge in [-0.3, -0.25) is 0 Å². The van der Waals surface area contributed by atoms with E-state index in [1.807, 2.05) is 0 Å². The van der Waals surface area contributed by atoms with Crippen molar-refractivity contribution in [2.24, 2.45) is 0 Å². The van der Waals surface area contributed by atoms with E-state index in [-0.39, 0.29) is 6.67 Å². The first-order chi connectivity index (χ1) is 7.46. The molecule has 0 saturated heterocycles. The van der Waals surface area contributed by atoms with Gasteiger partial charge in [-0.2, -0.15) is 13.2 Å². The van der Waals surface area contributed by atoms with Crippen LogP contribution in [0.5, 0.6) is 0 Å². The van der Waals surface area contributed by atoms with Crippen molar-refractivity contribution in [1.82, 2.24) is 4.72 Å². The second-order valence-electron chi connectivity index (χ2n) is 3.33. The normalized spacial score (nSPS) is 16.1. The van der Waals surface area contributed by atoms with Crippen LogP contribution in [-0.2, 0) is 0 Å². The smallest absolute Gasteiger partial charge is 0.348 e. The monoisotopic (exact) mass is 268 g/mol. The zero-order valence-corrected chi connectivity index (χ0v) is 9.59. The minimum absolute atomic E-state index is 0.165. The van der Waals surface area contributed by atoms with Crippen LogP contribution >= 0.6 is 23.5 Å². The van der Waals surface area contributed by atoms with Crippen LogP contribution in [0.25, 0.3) is 0 Å². The molecule has 16 heavy (non-hydrogen) atoms. The number of nitrogens with one attached hydrogen (secondary N) is 1. The summed E-state index contributed by atoms with van der Waals surface area (Å²) in [4.78, 5) is 1.95. The first-order valence-corrected chi connectivity index (χ1v) is 5.66. The van der Waals surface area contributed by atoms with E-state index in [1.165, 1.54) is 16.8 Å². The molecule has 0 aliphatic carbocycles. The zero-order chi connectivity index (χ0) is 11.8. The predicted molar refractivity (Wildman–Crippen MR) is 58.7 cm³/mol. The summed E-state index contributed by atoms with van der Waals surface area (Å²) in [6.07, 6.45) is -4.21. The van der Waals surface area contributed by atoms with Gasteiger partial charge < -0.3 is 4.90 Å². The fourth-order valence-electron chi connectivity index (χ4n) is 1.46. The predicted octanol–water partition coefficient (Wildman–Crippen LogP) is 3.28. The van der Waals surface area contributed by atoms with Gasteiger partial charge in [-0.15, -0.1) is 0 Å². The third kappa shape index (κ3) is 2.75. The molecule has 1 aromatic rings. The van der Waals surface area contributed by atoms with Crippen molar-refractivity contribution < 1.29 is 13.2 Å². The van der Waals surface area contributed by atoms with Gasteiger partial charge in [0.1, 0.15) is 6.54 Å². The summed E-state index contributed by atoms with van der Waals surface area (Å²) >= 11 is 7.06. The van der Waals surface area contributed by atoms with Crippen LogP contribution in [0.4, 0.5) is 18.9 Å². The largest absolute Gasteiger partial charge is 0.405 e. The summed E-state index contributed by atoms with van der Waals surface area (Å²) in [7, 11) is 0. The molecule has 0 radical (unpaired) electrons. The molecule has 0 unspecified atom stereocenters. The highest BCUT2D eigenvalue weighted by Crippen LogP contribution is 2.35. The molecule has 2 nitrogen and oxygen atoms in total. The van der Waals surface area contributed by atoms with Crippen molar-refractivity contribution >= 4 is 29.2 Å². The van der Waals surface area contributed by atoms with Crippen molar-refractivity contribution in [3.63, 3.8) is 0 Å². The maximum atomic E-state index is 12.3. The fraction of sp³-hybridized carbons (Fsp3) is 0.333. The van der Waals surface area contributed by atoms with Gasteiger partial charge in [-0.25, -0.2) is 4.72 Å². The van der Waals surface area contributed by atoms with Gasteiger partial charge in [0.05, 0.1) is 12.4 Å². The number of nitrogens with zero attached hydrogens (tertiary/aromatic N) is 1. The molecule has 0 atom stereocenters. The highest BCUT2D eigenvalue weighted by atomic mass is 35.5. The first kappa shape index (κ1) is 11.9. The quantitative estimate of drug-likeness (QED) is 0.787. The molecule has 0 bridgehead atoms. The Balaban J connectivity index is 2.26. The van der Waals surface area contributed by atoms with E-state index in [0.29, 0.717) is 15.6 Å². The first-order valence-electron chi connectivity index (χ1n) is 4.47. The average Bonchev–Trinajstić information content (AvgIpc) is 2.15. The molecule has 2 rings (SSSR count). The van der Waals surface area contributed by atoms with Gasteiger partial charge in [-0.1, -0.05) is 11.6 Å². The van der Waals surface area contributed by atoms with Crippen LogP contribution in [0.15, 0.2) is 23.1 Å². The van der Waals surface area contributed by atoms with Gasteiger partial charge in [0, 0.05) is 9.92 Å². The third-order valence-electron chi connectivity index (χ3n) is 2.07. The molecule has 0 aromatic heterocycles. The van der Waals surface area contributed by atoms with Crippen LogP contribution < -0.4 is 9.62 Å². The van der Waals surface area contributed by atoms with Crippen molar-refractivity contribution in [2.75, 3.05) is 18.1 Å². The molecule has 0 fully saturated rings. The van der Waals surface area contributed by atoms with Crippen molar-refractivity contribution in [3.8, 4) is 0 Å². The summed E-state index contributed by atoms with van der Waals surface area (Å²) in [5.74, 6) is 0. The lowest BCUT2D eigenvalue weighted by Gasteiger charge is -2.31. The van der Waals surface area contributed by atoms with Crippen LogP contribution in [0.3, 0.4) is 0 Å². The van der Waals surface area contributed by atoms with E-state index in [0.717, 1.165) is 0 Å². The summed E-state index contributed by atoms with van der Waals surface area (Å²) in [5.41, 5.74) is 0.561. The Kier molecular flexibility index (Phi) is 3.23. The summed E-state index contributed by atoms with van der Waals surface area (Å²) in [5, 5.41) is 0.516. The van der Waals surface area contributed by atoms with E-state index < -0.39 is 12.7 Å². The zero-order valence-electron chi connectivity index (χ0n) is 8.01. The minimum Gasteiger partial charge on any atom is -0.348 e. The fourth-order valence-corrected chi connectivity index (χ4v) is 2.56. The number of hydrogen-bond donors (Lipinski definition) is 1. The number of hydrogen-bond acceptors (Lipinski definition) is 3. The summed E-state index contributed by atoms with van der Waals surface area (Å²) in [6.45, 7) is -0.798. The topological polar surface area (TPSA) is 15.3 Å². The van der Waals surface area contributed by atoms with E-state index in [2.05, 4.69) is 4.72 Å². The molecule has 0 saturated carbocycles. The van der Waals surface area contributed by atoms with E-state index in [4.69, 9.17) is 11.6 Å². The molecule has 0 spiro atoms. The Labute approximate surface area is 99.9 Å². The Morgan fingerprint density at radius 3 is 2.88 bits per heavy atom. The van der Waals surface area contributed by atoms with Crippen LogP contribution in [0.1, 0.15) is 0 Å². The maximum absolute atomic E-state index is 12.3. The van der Waals surface area contributed by atoms with E-state index in [1.54, 1.807) is 18.2 Å². The molecular weight excluding hydrogens is 261 g/mol. The molecule has 1 aromatic carbocycles. The molecule has 1 aliphatic rings. The van der Waals surface area contributed by atoms with E-state index in [9.17, 15) is 13.2 Å². The maximum Gasteiger partial charge on any atom is 0.405 e. The van der Waals surface area contributed by atoms with Crippen molar-refractivity contribution in [1.29, 1.82) is 0 Å². The summed E-state index contributed by atoms with van der Waals surface area (Å²) < 4.78 is 39.8. The standard InChI is InChI=1S/C9H8ClF3N2S/c10-6-1-2-7-8(3-6)16-14-5-15(7)4-9(11,12)13/h1-3,14H,4-5H2. The number of anilines is 1. The Morgan fingerprint density at radius 1 is 1.44 bits per heavy atom. The lowest BCUT2D eigenvalue weighted by atomic mass is 10.3. The number of fused-ring (bicyclic) bond motifs is 1. The molecule has 1 N–H and O–H groups in total.